The summed E-state index contributed by atoms with van der Waals surface area (Å²) in [5.41, 5.74) is 1.22. The molecule has 0 unspecified atom stereocenters. The molecule has 152 valence electrons. The molecule has 1 aromatic carbocycles. The van der Waals surface area contributed by atoms with E-state index in [1.54, 1.807) is 40.4 Å². The van der Waals surface area contributed by atoms with Gasteiger partial charge in [-0.3, -0.25) is 9.59 Å². The van der Waals surface area contributed by atoms with Crippen LogP contribution in [0.3, 0.4) is 0 Å². The predicted molar refractivity (Wildman–Crippen MR) is 115 cm³/mol. The molecule has 3 heterocycles. The van der Waals surface area contributed by atoms with Crippen LogP contribution in [0.2, 0.25) is 0 Å². The van der Waals surface area contributed by atoms with E-state index in [-0.39, 0.29) is 17.6 Å². The monoisotopic (exact) mass is 439 g/mol. The van der Waals surface area contributed by atoms with Crippen molar-refractivity contribution in [2.75, 3.05) is 17.6 Å². The molecule has 3 aromatic heterocycles. The lowest BCUT2D eigenvalue weighted by Gasteiger charge is -2.05. The van der Waals surface area contributed by atoms with Gasteiger partial charge in [-0.15, -0.1) is 21.5 Å². The Morgan fingerprint density at radius 1 is 1.10 bits per heavy atom. The average Bonchev–Trinajstić information content (AvgIpc) is 3.42. The van der Waals surface area contributed by atoms with Gasteiger partial charge in [-0.1, -0.05) is 30.0 Å². The number of anilines is 1. The van der Waals surface area contributed by atoms with Crippen LogP contribution in [0.4, 0.5) is 5.13 Å². The van der Waals surface area contributed by atoms with Crippen LogP contribution >= 0.6 is 23.1 Å². The standard InChI is InChI=1S/C19H17N7O2S2/c27-16(22-19-21-10-11-29-19)12-30-17-7-6-14-23-24-15(26(14)25-17)8-9-20-18(28)13-4-2-1-3-5-13/h1-7,10-11H,8-9,12H2,(H,20,28)(H,21,22,27). The Hall–Kier alpha value is -3.31. The Balaban J connectivity index is 1.34. The lowest BCUT2D eigenvalue weighted by molar-refractivity contribution is -0.113. The van der Waals surface area contributed by atoms with Crippen LogP contribution in [0.1, 0.15) is 16.2 Å². The van der Waals surface area contributed by atoms with Crippen LogP contribution in [-0.2, 0) is 11.2 Å². The first kappa shape index (κ1) is 20.0. The summed E-state index contributed by atoms with van der Waals surface area (Å²) in [4.78, 5) is 28.2. The van der Waals surface area contributed by atoms with Crippen LogP contribution in [0.25, 0.3) is 5.65 Å². The van der Waals surface area contributed by atoms with Gasteiger partial charge in [-0.05, 0) is 24.3 Å². The molecular formula is C19H17N7O2S2. The molecule has 4 rings (SSSR count). The molecule has 0 aliphatic heterocycles. The van der Waals surface area contributed by atoms with Gasteiger partial charge in [0.1, 0.15) is 5.03 Å². The first-order chi connectivity index (χ1) is 14.7. The molecule has 0 spiro atoms. The normalized spacial score (nSPS) is 10.8. The van der Waals surface area contributed by atoms with Crippen molar-refractivity contribution >= 4 is 45.7 Å². The highest BCUT2D eigenvalue weighted by molar-refractivity contribution is 7.99. The van der Waals surface area contributed by atoms with Crippen molar-refractivity contribution in [3.05, 3.63) is 65.4 Å². The number of rotatable bonds is 8. The Bertz CT molecular complexity index is 1150. The molecule has 0 fully saturated rings. The zero-order chi connectivity index (χ0) is 20.8. The topological polar surface area (TPSA) is 114 Å². The number of amides is 2. The number of nitrogens with zero attached hydrogens (tertiary/aromatic N) is 5. The minimum atomic E-state index is -0.149. The van der Waals surface area contributed by atoms with Crippen LogP contribution < -0.4 is 10.6 Å². The highest BCUT2D eigenvalue weighted by atomic mass is 32.2. The van der Waals surface area contributed by atoms with Crippen molar-refractivity contribution in [1.82, 2.24) is 30.1 Å². The average molecular weight is 440 g/mol. The van der Waals surface area contributed by atoms with Crippen molar-refractivity contribution in [3.8, 4) is 0 Å². The number of thioether (sulfide) groups is 1. The number of nitrogens with one attached hydrogen (secondary N) is 2. The van der Waals surface area contributed by atoms with E-state index in [0.717, 1.165) is 0 Å². The maximum atomic E-state index is 12.1. The SMILES string of the molecule is O=C(CSc1ccc2nnc(CCNC(=O)c3ccccc3)n2n1)Nc1nccs1. The maximum Gasteiger partial charge on any atom is 0.251 e. The number of hydrogen-bond acceptors (Lipinski definition) is 8. The highest BCUT2D eigenvalue weighted by Gasteiger charge is 2.11. The fourth-order valence-corrected chi connectivity index (χ4v) is 3.81. The summed E-state index contributed by atoms with van der Waals surface area (Å²) >= 11 is 2.68. The molecule has 0 radical (unpaired) electrons. The van der Waals surface area contributed by atoms with Crippen LogP contribution in [-0.4, -0.2) is 48.9 Å². The van der Waals surface area contributed by atoms with Gasteiger partial charge in [0.05, 0.1) is 5.75 Å². The lowest BCUT2D eigenvalue weighted by Crippen LogP contribution is -2.26. The summed E-state index contributed by atoms with van der Waals surface area (Å²) in [5.74, 6) is 0.556. The Labute approximate surface area is 179 Å². The molecule has 0 aliphatic rings. The van der Waals surface area contributed by atoms with Gasteiger partial charge in [0.15, 0.2) is 16.6 Å². The number of carbonyl (C=O) groups excluding carboxylic acids is 2. The van der Waals surface area contributed by atoms with Crippen LogP contribution in [0.15, 0.2) is 59.1 Å². The Morgan fingerprint density at radius 2 is 1.97 bits per heavy atom. The second kappa shape index (κ2) is 9.46. The Kier molecular flexibility index (Phi) is 6.30. The minimum absolute atomic E-state index is 0.139. The van der Waals surface area contributed by atoms with Gasteiger partial charge in [-0.25, -0.2) is 4.98 Å². The number of carbonyl (C=O) groups is 2. The summed E-state index contributed by atoms with van der Waals surface area (Å²) in [6.45, 7) is 0.407. The molecule has 2 amide bonds. The third-order valence-corrected chi connectivity index (χ3v) is 5.61. The van der Waals surface area contributed by atoms with Crippen molar-refractivity contribution in [1.29, 1.82) is 0 Å². The summed E-state index contributed by atoms with van der Waals surface area (Å²) in [7, 11) is 0. The first-order valence-electron chi connectivity index (χ1n) is 9.06. The summed E-state index contributed by atoms with van der Waals surface area (Å²) in [5, 5.41) is 21.4. The molecule has 0 bridgehead atoms. The minimum Gasteiger partial charge on any atom is -0.352 e. The van der Waals surface area contributed by atoms with Gasteiger partial charge in [0.2, 0.25) is 5.91 Å². The lowest BCUT2D eigenvalue weighted by atomic mass is 10.2. The fourth-order valence-electron chi connectivity index (χ4n) is 2.61. The molecule has 2 N–H and O–H groups in total. The van der Waals surface area contributed by atoms with Gasteiger partial charge in [-0.2, -0.15) is 9.61 Å². The van der Waals surface area contributed by atoms with Crippen molar-refractivity contribution in [2.45, 2.75) is 11.4 Å². The van der Waals surface area contributed by atoms with Gasteiger partial charge in [0.25, 0.3) is 5.91 Å². The van der Waals surface area contributed by atoms with Crippen LogP contribution in [0.5, 0.6) is 0 Å². The van der Waals surface area contributed by atoms with Gasteiger partial charge >= 0.3 is 0 Å². The molecule has 30 heavy (non-hydrogen) atoms. The van der Waals surface area contributed by atoms with E-state index >= 15 is 0 Å². The third-order valence-electron chi connectivity index (χ3n) is 4.00. The predicted octanol–water partition coefficient (Wildman–Crippen LogP) is 2.28. The number of hydrogen-bond donors (Lipinski definition) is 2. The van der Waals surface area contributed by atoms with E-state index in [0.29, 0.717) is 40.2 Å². The first-order valence-corrected chi connectivity index (χ1v) is 10.9. The second-order valence-corrected chi connectivity index (χ2v) is 7.99. The van der Waals surface area contributed by atoms with E-state index in [4.69, 9.17) is 0 Å². The molecule has 0 saturated heterocycles. The number of benzene rings is 1. The Morgan fingerprint density at radius 3 is 2.77 bits per heavy atom. The highest BCUT2D eigenvalue weighted by Crippen LogP contribution is 2.17. The number of fused-ring (bicyclic) bond motifs is 1. The summed E-state index contributed by atoms with van der Waals surface area (Å²) in [6.07, 6.45) is 2.12. The molecule has 0 aliphatic carbocycles. The van der Waals surface area contributed by atoms with Crippen molar-refractivity contribution in [3.63, 3.8) is 0 Å². The van der Waals surface area contributed by atoms with Crippen molar-refractivity contribution < 1.29 is 9.59 Å². The maximum absolute atomic E-state index is 12.1. The van der Waals surface area contributed by atoms with Gasteiger partial charge < -0.3 is 10.6 Å². The van der Waals surface area contributed by atoms with E-state index in [1.807, 2.05) is 18.2 Å². The third kappa shape index (κ3) is 4.99. The molecule has 0 atom stereocenters. The zero-order valence-electron chi connectivity index (χ0n) is 15.7. The number of thiazole rings is 1. The smallest absolute Gasteiger partial charge is 0.251 e. The number of aromatic nitrogens is 5. The van der Waals surface area contributed by atoms with E-state index in [1.165, 1.54) is 23.1 Å². The van der Waals surface area contributed by atoms with Gasteiger partial charge in [0, 0.05) is 30.1 Å². The quantitative estimate of drug-likeness (QED) is 0.405. The van der Waals surface area contributed by atoms with E-state index in [2.05, 4.69) is 30.9 Å². The molecule has 9 nitrogen and oxygen atoms in total. The summed E-state index contributed by atoms with van der Waals surface area (Å²) in [6, 6.07) is 12.6. The van der Waals surface area contributed by atoms with Crippen molar-refractivity contribution in [2.24, 2.45) is 0 Å². The van der Waals surface area contributed by atoms with E-state index in [9.17, 15) is 9.59 Å². The molecule has 11 heteroatoms. The largest absolute Gasteiger partial charge is 0.352 e. The van der Waals surface area contributed by atoms with E-state index < -0.39 is 0 Å². The fraction of sp³-hybridized carbons (Fsp3) is 0.158. The summed E-state index contributed by atoms with van der Waals surface area (Å²) < 4.78 is 1.63. The van der Waals surface area contributed by atoms with Crippen LogP contribution in [0, 0.1) is 0 Å². The molecule has 0 saturated carbocycles. The zero-order valence-corrected chi connectivity index (χ0v) is 17.3. The molecular weight excluding hydrogens is 422 g/mol. The molecule has 4 aromatic rings. The second-order valence-electron chi connectivity index (χ2n) is 6.10.